The minimum Gasteiger partial charge on any atom is -0.443 e. The molecule has 1 aliphatic rings. The molecule has 2 aromatic rings. The number of aryl methyl sites for hydroxylation is 1. The van der Waals surface area contributed by atoms with Crippen molar-refractivity contribution in [2.75, 3.05) is 6.61 Å². The summed E-state index contributed by atoms with van der Waals surface area (Å²) in [4.78, 5) is 0. The molecule has 8 heteroatoms. The molecule has 4 N–H and O–H groups in total. The lowest BCUT2D eigenvalue weighted by Gasteiger charge is -2.39. The molecule has 1 saturated heterocycles. The Morgan fingerprint density at radius 2 is 1.80 bits per heavy atom. The molecule has 0 amide bonds. The first-order chi connectivity index (χ1) is 14.4. The predicted octanol–water partition coefficient (Wildman–Crippen LogP) is 0.709. The first-order valence-electron chi connectivity index (χ1n) is 10.1. The van der Waals surface area contributed by atoms with Gasteiger partial charge in [-0.05, 0) is 24.5 Å². The van der Waals surface area contributed by atoms with Gasteiger partial charge in [-0.25, -0.2) is 0 Å². The van der Waals surface area contributed by atoms with Crippen molar-refractivity contribution in [2.24, 2.45) is 0 Å². The highest BCUT2D eigenvalue weighted by Crippen LogP contribution is 2.29. The quantitative estimate of drug-likeness (QED) is 0.467. The fourth-order valence-electron chi connectivity index (χ4n) is 3.53. The van der Waals surface area contributed by atoms with E-state index in [-0.39, 0.29) is 5.88 Å². The van der Waals surface area contributed by atoms with E-state index in [4.69, 9.17) is 9.47 Å². The number of ether oxygens (including phenoxy) is 2. The molecular weight excluding hydrogens is 388 g/mol. The molecule has 0 radical (unpaired) electrons. The van der Waals surface area contributed by atoms with Crippen LogP contribution in [0, 0.1) is 6.92 Å². The summed E-state index contributed by atoms with van der Waals surface area (Å²) >= 11 is 0. The summed E-state index contributed by atoms with van der Waals surface area (Å²) in [5, 5.41) is 44.2. The molecule has 1 aliphatic heterocycles. The van der Waals surface area contributed by atoms with Gasteiger partial charge in [-0.1, -0.05) is 37.3 Å². The van der Waals surface area contributed by atoms with Gasteiger partial charge in [-0.3, -0.25) is 4.68 Å². The average molecular weight is 418 g/mol. The van der Waals surface area contributed by atoms with Crippen molar-refractivity contribution in [3.8, 4) is 5.88 Å². The van der Waals surface area contributed by atoms with Gasteiger partial charge in [0.15, 0.2) is 0 Å². The topological polar surface area (TPSA) is 117 Å². The molecule has 8 nitrogen and oxygen atoms in total. The van der Waals surface area contributed by atoms with E-state index in [1.807, 2.05) is 6.92 Å². The van der Waals surface area contributed by atoms with Gasteiger partial charge in [0.25, 0.3) is 0 Å². The number of hydrogen-bond acceptors (Lipinski definition) is 7. The molecule has 0 aliphatic carbocycles. The van der Waals surface area contributed by atoms with Crippen molar-refractivity contribution in [1.29, 1.82) is 0 Å². The lowest BCUT2D eigenvalue weighted by atomic mass is 9.99. The van der Waals surface area contributed by atoms with Crippen molar-refractivity contribution in [1.82, 2.24) is 9.78 Å². The maximum absolute atomic E-state index is 10.3. The van der Waals surface area contributed by atoms with E-state index in [0.717, 1.165) is 23.2 Å². The van der Waals surface area contributed by atoms with Crippen LogP contribution in [-0.4, -0.2) is 67.5 Å². The number of benzene rings is 1. The summed E-state index contributed by atoms with van der Waals surface area (Å²) < 4.78 is 13.1. The van der Waals surface area contributed by atoms with Crippen LogP contribution in [0.1, 0.15) is 29.3 Å². The van der Waals surface area contributed by atoms with Gasteiger partial charge < -0.3 is 29.9 Å². The van der Waals surface area contributed by atoms with Gasteiger partial charge >= 0.3 is 0 Å². The van der Waals surface area contributed by atoms with E-state index in [9.17, 15) is 20.4 Å². The number of hydrogen-bond donors (Lipinski definition) is 4. The number of aromatic nitrogens is 2. The molecule has 1 aromatic carbocycles. The third kappa shape index (κ3) is 4.58. The number of aliphatic hydroxyl groups is 4. The van der Waals surface area contributed by atoms with E-state index in [0.29, 0.717) is 13.0 Å². The van der Waals surface area contributed by atoms with E-state index in [1.54, 1.807) is 10.8 Å². The van der Waals surface area contributed by atoms with Crippen LogP contribution in [-0.2, 0) is 24.1 Å². The summed E-state index contributed by atoms with van der Waals surface area (Å²) in [6.45, 7) is 7.73. The van der Waals surface area contributed by atoms with Crippen molar-refractivity contribution in [3.05, 3.63) is 59.3 Å². The largest absolute Gasteiger partial charge is 0.443 e. The SMILES string of the molecule is C=CCn1nc(O[C@@H]2O[C@H](CO)[C@@H](O)[C@H](O)[C@H]2O)c(Cc2ccc(CC)cc2)c1C. The van der Waals surface area contributed by atoms with Crippen LogP contribution in [0.4, 0.5) is 0 Å². The van der Waals surface area contributed by atoms with Crippen LogP contribution < -0.4 is 4.74 Å². The summed E-state index contributed by atoms with van der Waals surface area (Å²) in [5.74, 6) is 0.262. The van der Waals surface area contributed by atoms with Crippen LogP contribution in [0.5, 0.6) is 5.88 Å². The van der Waals surface area contributed by atoms with Gasteiger partial charge in [0.05, 0.1) is 13.2 Å². The summed E-state index contributed by atoms with van der Waals surface area (Å²) in [5.41, 5.74) is 4.02. The highest BCUT2D eigenvalue weighted by Gasteiger charge is 2.45. The Morgan fingerprint density at radius 3 is 2.40 bits per heavy atom. The van der Waals surface area contributed by atoms with Crippen LogP contribution in [0.15, 0.2) is 36.9 Å². The zero-order valence-corrected chi connectivity index (χ0v) is 17.3. The number of nitrogens with zero attached hydrogens (tertiary/aromatic N) is 2. The monoisotopic (exact) mass is 418 g/mol. The summed E-state index contributed by atoms with van der Waals surface area (Å²) in [6, 6.07) is 8.27. The third-order valence-electron chi connectivity index (χ3n) is 5.48. The minimum absolute atomic E-state index is 0.262. The minimum atomic E-state index is -1.51. The molecule has 30 heavy (non-hydrogen) atoms. The summed E-state index contributed by atoms with van der Waals surface area (Å²) in [7, 11) is 0. The number of rotatable bonds is 8. The molecule has 0 saturated carbocycles. The van der Waals surface area contributed by atoms with Gasteiger partial charge in [-0.2, -0.15) is 0 Å². The van der Waals surface area contributed by atoms with Gasteiger partial charge in [0.1, 0.15) is 24.4 Å². The molecule has 2 heterocycles. The molecule has 0 spiro atoms. The lowest BCUT2D eigenvalue weighted by molar-refractivity contribution is -0.278. The summed E-state index contributed by atoms with van der Waals surface area (Å²) in [6.07, 6.45) is -3.55. The normalized spacial score (nSPS) is 26.5. The van der Waals surface area contributed by atoms with Crippen molar-refractivity contribution < 1.29 is 29.9 Å². The van der Waals surface area contributed by atoms with Gasteiger partial charge in [0, 0.05) is 17.7 Å². The zero-order valence-electron chi connectivity index (χ0n) is 17.3. The van der Waals surface area contributed by atoms with E-state index in [2.05, 4.69) is 42.9 Å². The second-order valence-electron chi connectivity index (χ2n) is 7.50. The first kappa shape index (κ1) is 22.5. The molecular formula is C22H30N2O6. The second kappa shape index (κ2) is 9.72. The zero-order chi connectivity index (χ0) is 21.8. The van der Waals surface area contributed by atoms with Crippen molar-refractivity contribution in [2.45, 2.75) is 63.9 Å². The Kier molecular flexibility index (Phi) is 7.27. The number of allylic oxidation sites excluding steroid dienone is 1. The third-order valence-corrected chi connectivity index (χ3v) is 5.48. The van der Waals surface area contributed by atoms with E-state index >= 15 is 0 Å². The molecule has 1 aromatic heterocycles. The van der Waals surface area contributed by atoms with Gasteiger partial charge in [-0.15, -0.1) is 11.7 Å². The molecule has 5 atom stereocenters. The number of aliphatic hydroxyl groups excluding tert-OH is 4. The molecule has 1 fully saturated rings. The fraction of sp³-hybridized carbons (Fsp3) is 0.500. The van der Waals surface area contributed by atoms with Crippen molar-refractivity contribution >= 4 is 0 Å². The van der Waals surface area contributed by atoms with Gasteiger partial charge in [0.2, 0.25) is 12.2 Å². The Hall–Kier alpha value is -2.23. The van der Waals surface area contributed by atoms with E-state index in [1.165, 1.54) is 5.56 Å². The molecule has 0 bridgehead atoms. The smallest absolute Gasteiger partial charge is 0.239 e. The maximum atomic E-state index is 10.3. The molecule has 164 valence electrons. The standard InChI is InChI=1S/C22H30N2O6/c1-4-10-24-13(3)16(11-15-8-6-14(5-2)7-9-15)21(23-24)30-22-20(28)19(27)18(26)17(12-25)29-22/h4,6-9,17-20,22,25-28H,1,5,10-12H2,2-3H3/t17-,18-,19+,20-,22+/m1/s1. The second-order valence-corrected chi connectivity index (χ2v) is 7.50. The Bertz CT molecular complexity index is 848. The van der Waals surface area contributed by atoms with Crippen LogP contribution >= 0.6 is 0 Å². The van der Waals surface area contributed by atoms with Crippen molar-refractivity contribution in [3.63, 3.8) is 0 Å². The molecule has 0 unspecified atom stereocenters. The Morgan fingerprint density at radius 1 is 1.13 bits per heavy atom. The average Bonchev–Trinajstić information content (AvgIpc) is 3.03. The fourth-order valence-corrected chi connectivity index (χ4v) is 3.53. The highest BCUT2D eigenvalue weighted by atomic mass is 16.7. The van der Waals surface area contributed by atoms with E-state index < -0.39 is 37.3 Å². The highest BCUT2D eigenvalue weighted by molar-refractivity contribution is 5.37. The first-order valence-corrected chi connectivity index (χ1v) is 10.1. The predicted molar refractivity (Wildman–Crippen MR) is 110 cm³/mol. The maximum Gasteiger partial charge on any atom is 0.239 e. The Balaban J connectivity index is 1.89. The lowest BCUT2D eigenvalue weighted by Crippen LogP contribution is -2.60. The van der Waals surface area contributed by atoms with Crippen LogP contribution in [0.2, 0.25) is 0 Å². The van der Waals surface area contributed by atoms with Crippen LogP contribution in [0.25, 0.3) is 0 Å². The Labute approximate surface area is 176 Å². The molecule has 3 rings (SSSR count). The van der Waals surface area contributed by atoms with Crippen LogP contribution in [0.3, 0.4) is 0 Å².